The van der Waals surface area contributed by atoms with Crippen LogP contribution < -0.4 is 9.64 Å². The number of pyridine rings is 1. The highest BCUT2D eigenvalue weighted by Crippen LogP contribution is 2.42. The van der Waals surface area contributed by atoms with Crippen LogP contribution in [-0.2, 0) is 9.53 Å². The minimum absolute atomic E-state index is 0.0131. The fraction of sp³-hybridized carbons (Fsp3) is 0.429. The van der Waals surface area contributed by atoms with E-state index < -0.39 is 23.1 Å². The van der Waals surface area contributed by atoms with Crippen molar-refractivity contribution in [2.75, 3.05) is 50.9 Å². The molecule has 3 atom stereocenters. The van der Waals surface area contributed by atoms with Crippen LogP contribution in [0, 0.1) is 5.82 Å². The molecule has 1 spiro atoms. The zero-order valence-electron chi connectivity index (χ0n) is 26.1. The predicted molar refractivity (Wildman–Crippen MR) is 176 cm³/mol. The summed E-state index contributed by atoms with van der Waals surface area (Å²) in [5.41, 5.74) is -0.298. The third-order valence-electron chi connectivity index (χ3n) is 10.4. The summed E-state index contributed by atoms with van der Waals surface area (Å²) in [6.07, 6.45) is 4.18. The van der Waals surface area contributed by atoms with E-state index in [2.05, 4.69) is 21.4 Å². The number of piperazine rings is 1. The fourth-order valence-electron chi connectivity index (χ4n) is 8.30. The van der Waals surface area contributed by atoms with Crippen LogP contribution in [0.5, 0.6) is 6.01 Å². The Bertz CT molecular complexity index is 1920. The molecule has 1 amide bonds. The van der Waals surface area contributed by atoms with Crippen LogP contribution in [-0.4, -0.2) is 99.9 Å². The zero-order valence-corrected chi connectivity index (χ0v) is 26.8. The van der Waals surface area contributed by atoms with Gasteiger partial charge in [0.1, 0.15) is 35.3 Å². The lowest BCUT2D eigenvalue weighted by atomic mass is 9.88. The van der Waals surface area contributed by atoms with E-state index in [0.717, 1.165) is 24.8 Å². The van der Waals surface area contributed by atoms with Gasteiger partial charge in [0.25, 0.3) is 0 Å². The van der Waals surface area contributed by atoms with Crippen molar-refractivity contribution in [3.05, 3.63) is 66.1 Å². The van der Waals surface area contributed by atoms with Crippen molar-refractivity contribution in [1.82, 2.24) is 24.8 Å². The molecule has 4 aromatic rings. The molecule has 8 rings (SSSR count). The van der Waals surface area contributed by atoms with E-state index in [1.165, 1.54) is 6.08 Å². The predicted octanol–water partition coefficient (Wildman–Crippen LogP) is 5.58. The summed E-state index contributed by atoms with van der Waals surface area (Å²) in [4.78, 5) is 33.1. The van der Waals surface area contributed by atoms with Crippen molar-refractivity contribution < 1.29 is 23.0 Å². The first kappa shape index (κ1) is 30.4. The van der Waals surface area contributed by atoms with Gasteiger partial charge in [0, 0.05) is 54.3 Å². The number of aromatic nitrogens is 3. The van der Waals surface area contributed by atoms with Gasteiger partial charge in [-0.3, -0.25) is 14.7 Å². The van der Waals surface area contributed by atoms with Crippen LogP contribution in [0.4, 0.5) is 14.6 Å². The molecule has 9 nitrogen and oxygen atoms in total. The Balaban J connectivity index is 1.25. The lowest BCUT2D eigenvalue weighted by Crippen LogP contribution is -2.75. The maximum Gasteiger partial charge on any atom is 0.319 e. The minimum Gasteiger partial charge on any atom is -0.461 e. The van der Waals surface area contributed by atoms with E-state index in [0.29, 0.717) is 66.4 Å². The van der Waals surface area contributed by atoms with Gasteiger partial charge in [-0.25, -0.2) is 8.78 Å². The van der Waals surface area contributed by atoms with Gasteiger partial charge in [0.2, 0.25) is 5.91 Å². The monoisotopic (exact) mass is 660 g/mol. The van der Waals surface area contributed by atoms with Crippen molar-refractivity contribution >= 4 is 45.0 Å². The second-order valence-electron chi connectivity index (χ2n) is 13.4. The molecule has 0 aliphatic carbocycles. The lowest BCUT2D eigenvalue weighted by molar-refractivity contribution is -0.172. The molecule has 0 saturated carbocycles. The number of halogens is 3. The molecular formula is C35H35ClF2N6O3. The van der Waals surface area contributed by atoms with E-state index in [9.17, 15) is 9.18 Å². The molecule has 4 saturated heterocycles. The number of rotatable bonds is 6. The number of hydrogen-bond acceptors (Lipinski definition) is 8. The number of nitrogens with zero attached hydrogens (tertiary/aromatic N) is 6. The minimum atomic E-state index is -0.914. The normalized spacial score (nSPS) is 25.4. The molecule has 2 aromatic carbocycles. The van der Waals surface area contributed by atoms with Crippen LogP contribution in [0.1, 0.15) is 26.2 Å². The highest BCUT2D eigenvalue weighted by molar-refractivity contribution is 6.36. The number of benzene rings is 2. The lowest BCUT2D eigenvalue weighted by Gasteiger charge is -2.57. The Kier molecular flexibility index (Phi) is 7.34. The van der Waals surface area contributed by atoms with Crippen molar-refractivity contribution in [1.29, 1.82) is 0 Å². The number of anilines is 1. The van der Waals surface area contributed by atoms with Crippen molar-refractivity contribution in [2.45, 2.75) is 49.5 Å². The van der Waals surface area contributed by atoms with Gasteiger partial charge < -0.3 is 19.3 Å². The number of carbonyl (C=O) groups excluding carboxylic acids is 1. The average Bonchev–Trinajstić information content (AvgIpc) is 3.58. The Morgan fingerprint density at radius 3 is 2.79 bits per heavy atom. The number of alkyl halides is 1. The van der Waals surface area contributed by atoms with Gasteiger partial charge in [-0.1, -0.05) is 48.5 Å². The van der Waals surface area contributed by atoms with Gasteiger partial charge in [0.05, 0.1) is 24.1 Å². The first-order chi connectivity index (χ1) is 22.7. The second kappa shape index (κ2) is 11.4. The summed E-state index contributed by atoms with van der Waals surface area (Å²) in [5, 5.41) is 2.46. The van der Waals surface area contributed by atoms with E-state index in [-0.39, 0.29) is 35.8 Å². The molecule has 244 valence electrons. The molecule has 4 aliphatic rings. The maximum absolute atomic E-state index is 16.9. The summed E-state index contributed by atoms with van der Waals surface area (Å²) in [7, 11) is 0. The van der Waals surface area contributed by atoms with Gasteiger partial charge in [-0.2, -0.15) is 9.97 Å². The van der Waals surface area contributed by atoms with Crippen LogP contribution in [0.15, 0.2) is 55.3 Å². The van der Waals surface area contributed by atoms with Gasteiger partial charge in [0.15, 0.2) is 5.82 Å². The number of hydrogen-bond donors (Lipinski definition) is 0. The smallest absolute Gasteiger partial charge is 0.319 e. The second-order valence-corrected chi connectivity index (χ2v) is 13.8. The standard InChI is InChI=1S/C35H35ClF2N6O3/c1-3-27(45)44-21(2)15-42(17-35(44)18-46-19-35)32-25-14-39-30(24-9-4-7-22-8-5-10-26(36)28(22)24)29(38)31(25)40-33(41-32)47-20-34-11-6-12-43(34)16-23(37)13-34/h3-5,7-10,14,21,23H,1,6,11-13,15-20H2,2H3/t21-,23-,34+/m1/s1. The van der Waals surface area contributed by atoms with E-state index in [1.54, 1.807) is 18.3 Å². The summed E-state index contributed by atoms with van der Waals surface area (Å²) >= 11 is 6.62. The van der Waals surface area contributed by atoms with Crippen molar-refractivity contribution in [2.24, 2.45) is 0 Å². The highest BCUT2D eigenvalue weighted by atomic mass is 35.5. The SMILES string of the molecule is C=CC(=O)N1[C@H](C)CN(c2nc(OC[C@@]34CCCN3C[C@H](F)C4)nc3c(F)c(-c4cccc5cccc(Cl)c45)ncc23)CC12COC2. The van der Waals surface area contributed by atoms with Crippen molar-refractivity contribution in [3.8, 4) is 17.3 Å². The third kappa shape index (κ3) is 4.85. The van der Waals surface area contributed by atoms with Crippen molar-refractivity contribution in [3.63, 3.8) is 0 Å². The first-order valence-corrected chi connectivity index (χ1v) is 16.4. The molecule has 0 bridgehead atoms. The van der Waals surface area contributed by atoms with E-state index >= 15 is 4.39 Å². The van der Waals surface area contributed by atoms with Crippen LogP contribution in [0.3, 0.4) is 0 Å². The number of carbonyl (C=O) groups is 1. The molecule has 0 unspecified atom stereocenters. The molecule has 0 radical (unpaired) electrons. The number of amides is 1. The summed E-state index contributed by atoms with van der Waals surface area (Å²) in [6.45, 7) is 8.64. The number of ether oxygens (including phenoxy) is 2. The topological polar surface area (TPSA) is 83.9 Å². The van der Waals surface area contributed by atoms with E-state index in [4.69, 9.17) is 26.1 Å². The Morgan fingerprint density at radius 1 is 1.21 bits per heavy atom. The zero-order chi connectivity index (χ0) is 32.5. The summed E-state index contributed by atoms with van der Waals surface area (Å²) in [5.74, 6) is -0.325. The van der Waals surface area contributed by atoms with Gasteiger partial charge in [-0.15, -0.1) is 0 Å². The fourth-order valence-corrected chi connectivity index (χ4v) is 8.58. The maximum atomic E-state index is 16.9. The molecule has 4 aliphatic heterocycles. The van der Waals surface area contributed by atoms with Crippen LogP contribution in [0.25, 0.3) is 32.9 Å². The Labute approximate surface area is 276 Å². The molecule has 4 fully saturated rings. The molecule has 47 heavy (non-hydrogen) atoms. The van der Waals surface area contributed by atoms with Gasteiger partial charge >= 0.3 is 6.01 Å². The van der Waals surface area contributed by atoms with Crippen LogP contribution in [0.2, 0.25) is 5.02 Å². The quantitative estimate of drug-likeness (QED) is 0.248. The molecule has 6 heterocycles. The first-order valence-electron chi connectivity index (χ1n) is 16.1. The van der Waals surface area contributed by atoms with Crippen LogP contribution >= 0.6 is 11.6 Å². The largest absolute Gasteiger partial charge is 0.461 e. The highest BCUT2D eigenvalue weighted by Gasteiger charge is 2.53. The molecular weight excluding hydrogens is 626 g/mol. The third-order valence-corrected chi connectivity index (χ3v) is 10.7. The number of fused-ring (bicyclic) bond motifs is 3. The summed E-state index contributed by atoms with van der Waals surface area (Å²) in [6, 6.07) is 10.9. The Morgan fingerprint density at radius 2 is 2.02 bits per heavy atom. The molecule has 12 heteroatoms. The van der Waals surface area contributed by atoms with Gasteiger partial charge in [-0.05, 0) is 43.8 Å². The molecule has 2 aromatic heterocycles. The summed E-state index contributed by atoms with van der Waals surface area (Å²) < 4.78 is 43.3. The molecule has 0 N–H and O–H groups in total. The average molecular weight is 661 g/mol. The van der Waals surface area contributed by atoms with E-state index in [1.807, 2.05) is 41.0 Å². The Hall–Kier alpha value is -3.93.